The van der Waals surface area contributed by atoms with Crippen molar-refractivity contribution in [3.63, 3.8) is 0 Å². The molecule has 0 saturated carbocycles. The zero-order chi connectivity index (χ0) is 25.3. The van der Waals surface area contributed by atoms with Crippen LogP contribution in [-0.4, -0.2) is 37.0 Å². The van der Waals surface area contributed by atoms with E-state index in [1.807, 2.05) is 4.90 Å². The van der Waals surface area contributed by atoms with E-state index in [0.717, 1.165) is 16.7 Å². The van der Waals surface area contributed by atoms with Crippen molar-refractivity contribution in [2.24, 2.45) is 0 Å². The number of nitrogens with zero attached hydrogens (tertiary/aromatic N) is 3. The molecule has 0 unspecified atom stereocenters. The number of anilines is 3. The van der Waals surface area contributed by atoms with Crippen LogP contribution < -0.4 is 15.1 Å². The Bertz CT molecular complexity index is 1270. The van der Waals surface area contributed by atoms with E-state index < -0.39 is 45.6 Å². The summed E-state index contributed by atoms with van der Waals surface area (Å²) in [4.78, 5) is 25.6. The van der Waals surface area contributed by atoms with Gasteiger partial charge in [-0.05, 0) is 30.3 Å². The largest absolute Gasteiger partial charge is 0.368 e. The number of rotatable bonds is 5. The van der Waals surface area contributed by atoms with Crippen LogP contribution in [0.1, 0.15) is 10.4 Å². The van der Waals surface area contributed by atoms with Crippen LogP contribution in [-0.2, 0) is 0 Å². The summed E-state index contributed by atoms with van der Waals surface area (Å²) in [6.45, 7) is 0.533. The van der Waals surface area contributed by atoms with Crippen LogP contribution in [0.2, 0.25) is 0 Å². The highest BCUT2D eigenvalue weighted by atomic mass is 19.2. The molecule has 12 heteroatoms. The minimum absolute atomic E-state index is 0.0175. The van der Waals surface area contributed by atoms with Crippen molar-refractivity contribution in [2.45, 2.75) is 0 Å². The van der Waals surface area contributed by atoms with Gasteiger partial charge in [0.25, 0.3) is 11.6 Å². The molecule has 3 aromatic carbocycles. The third kappa shape index (κ3) is 4.72. The number of piperazine rings is 1. The SMILES string of the molecule is O=C(Nc1ccc(N2CCN(c3c(F)c(F)c(F)c(F)c3F)CC2)cc1)c1cccc([N+](=O)[O-])c1. The number of benzene rings is 3. The standard InChI is InChI=1S/C23H17F5N4O3/c24-17-18(25)20(27)22(21(28)19(17)26)31-10-8-30(9-11-31)15-6-4-14(5-7-15)29-23(33)13-2-1-3-16(12-13)32(34)35/h1-7,12H,8-11H2,(H,29,33). The topological polar surface area (TPSA) is 78.7 Å². The maximum Gasteiger partial charge on any atom is 0.270 e. The van der Waals surface area contributed by atoms with Gasteiger partial charge in [0.1, 0.15) is 5.69 Å². The fourth-order valence-electron chi connectivity index (χ4n) is 3.78. The predicted octanol–water partition coefficient (Wildman–Crippen LogP) is 4.87. The van der Waals surface area contributed by atoms with Crippen LogP contribution in [0.15, 0.2) is 48.5 Å². The number of non-ortho nitro benzene ring substituents is 1. The predicted molar refractivity (Wildman–Crippen MR) is 118 cm³/mol. The molecular weight excluding hydrogens is 475 g/mol. The van der Waals surface area contributed by atoms with Gasteiger partial charge < -0.3 is 15.1 Å². The van der Waals surface area contributed by atoms with E-state index in [9.17, 15) is 36.9 Å². The van der Waals surface area contributed by atoms with Gasteiger partial charge in [0.2, 0.25) is 5.82 Å². The smallest absolute Gasteiger partial charge is 0.270 e. The Morgan fingerprint density at radius 3 is 1.91 bits per heavy atom. The lowest BCUT2D eigenvalue weighted by Crippen LogP contribution is -2.47. The highest BCUT2D eigenvalue weighted by molar-refractivity contribution is 6.04. The van der Waals surface area contributed by atoms with Crippen molar-refractivity contribution in [3.8, 4) is 0 Å². The zero-order valence-corrected chi connectivity index (χ0v) is 17.9. The Morgan fingerprint density at radius 2 is 1.34 bits per heavy atom. The van der Waals surface area contributed by atoms with Gasteiger partial charge in [0.15, 0.2) is 23.3 Å². The Kier molecular flexibility index (Phi) is 6.54. The van der Waals surface area contributed by atoms with Gasteiger partial charge >= 0.3 is 0 Å². The summed E-state index contributed by atoms with van der Waals surface area (Å²) in [6.07, 6.45) is 0. The summed E-state index contributed by atoms with van der Waals surface area (Å²) in [5.41, 5.74) is 0.117. The molecule has 0 aromatic heterocycles. The van der Waals surface area contributed by atoms with E-state index in [1.54, 1.807) is 24.3 Å². The molecule has 182 valence electrons. The van der Waals surface area contributed by atoms with Gasteiger partial charge in [-0.15, -0.1) is 0 Å². The van der Waals surface area contributed by atoms with E-state index in [2.05, 4.69) is 5.32 Å². The van der Waals surface area contributed by atoms with E-state index in [0.29, 0.717) is 5.69 Å². The monoisotopic (exact) mass is 492 g/mol. The molecule has 35 heavy (non-hydrogen) atoms. The lowest BCUT2D eigenvalue weighted by Gasteiger charge is -2.37. The number of nitrogens with one attached hydrogen (secondary N) is 1. The molecule has 0 radical (unpaired) electrons. The van der Waals surface area contributed by atoms with Crippen molar-refractivity contribution in [2.75, 3.05) is 41.3 Å². The van der Waals surface area contributed by atoms with Gasteiger partial charge in [0.05, 0.1) is 4.92 Å². The second-order valence-electron chi connectivity index (χ2n) is 7.70. The van der Waals surface area contributed by atoms with Gasteiger partial charge in [-0.2, -0.15) is 0 Å². The van der Waals surface area contributed by atoms with Crippen LogP contribution in [0, 0.1) is 39.2 Å². The summed E-state index contributed by atoms with van der Waals surface area (Å²) >= 11 is 0. The molecule has 7 nitrogen and oxygen atoms in total. The van der Waals surface area contributed by atoms with E-state index in [4.69, 9.17) is 0 Å². The zero-order valence-electron chi connectivity index (χ0n) is 17.9. The molecule has 3 aromatic rings. The number of nitro groups is 1. The summed E-state index contributed by atoms with van der Waals surface area (Å²) in [7, 11) is 0. The average Bonchev–Trinajstić information content (AvgIpc) is 2.87. The molecule has 4 rings (SSSR count). The van der Waals surface area contributed by atoms with E-state index >= 15 is 0 Å². The Labute approximate surface area is 195 Å². The van der Waals surface area contributed by atoms with E-state index in [-0.39, 0.29) is 37.4 Å². The fourth-order valence-corrected chi connectivity index (χ4v) is 3.78. The van der Waals surface area contributed by atoms with Crippen LogP contribution >= 0.6 is 0 Å². The maximum absolute atomic E-state index is 14.1. The molecule has 1 fully saturated rings. The highest BCUT2D eigenvalue weighted by Crippen LogP contribution is 2.31. The van der Waals surface area contributed by atoms with Crippen molar-refractivity contribution < 1.29 is 31.7 Å². The van der Waals surface area contributed by atoms with Gasteiger partial charge in [-0.25, -0.2) is 22.0 Å². The first kappa shape index (κ1) is 23.9. The number of halogens is 5. The third-order valence-electron chi connectivity index (χ3n) is 5.59. The molecule has 0 spiro atoms. The van der Waals surface area contributed by atoms with Gasteiger partial charge in [0, 0.05) is 55.2 Å². The maximum atomic E-state index is 14.1. The van der Waals surface area contributed by atoms with Crippen molar-refractivity contribution in [3.05, 3.63) is 93.3 Å². The molecule has 0 aliphatic carbocycles. The second-order valence-corrected chi connectivity index (χ2v) is 7.70. The number of amides is 1. The number of hydrogen-bond acceptors (Lipinski definition) is 5. The quantitative estimate of drug-likeness (QED) is 0.181. The van der Waals surface area contributed by atoms with Gasteiger partial charge in [-0.1, -0.05) is 6.07 Å². The first-order valence-corrected chi connectivity index (χ1v) is 10.3. The molecule has 0 atom stereocenters. The average molecular weight is 492 g/mol. The highest BCUT2D eigenvalue weighted by Gasteiger charge is 2.30. The molecule has 1 N–H and O–H groups in total. The van der Waals surface area contributed by atoms with Crippen LogP contribution in [0.5, 0.6) is 0 Å². The van der Waals surface area contributed by atoms with Crippen molar-refractivity contribution >= 4 is 28.7 Å². The molecule has 1 amide bonds. The Balaban J connectivity index is 1.41. The van der Waals surface area contributed by atoms with Crippen LogP contribution in [0.3, 0.4) is 0 Å². The third-order valence-corrected chi connectivity index (χ3v) is 5.59. The molecule has 0 bridgehead atoms. The van der Waals surface area contributed by atoms with E-state index in [1.165, 1.54) is 18.2 Å². The second kappa shape index (κ2) is 9.57. The lowest BCUT2D eigenvalue weighted by atomic mass is 10.1. The Morgan fingerprint density at radius 1 is 0.800 bits per heavy atom. The van der Waals surface area contributed by atoms with Crippen molar-refractivity contribution in [1.82, 2.24) is 0 Å². The lowest BCUT2D eigenvalue weighted by molar-refractivity contribution is -0.384. The molecule has 1 heterocycles. The number of carbonyl (C=O) groups excluding carboxylic acids is 1. The van der Waals surface area contributed by atoms with Crippen molar-refractivity contribution in [1.29, 1.82) is 0 Å². The number of carbonyl (C=O) groups is 1. The molecule has 1 saturated heterocycles. The number of hydrogen-bond donors (Lipinski definition) is 1. The first-order chi connectivity index (χ1) is 16.7. The van der Waals surface area contributed by atoms with Gasteiger partial charge in [-0.3, -0.25) is 14.9 Å². The minimum Gasteiger partial charge on any atom is -0.368 e. The minimum atomic E-state index is -2.19. The summed E-state index contributed by atoms with van der Waals surface area (Å²) in [5.74, 6) is -10.4. The van der Waals surface area contributed by atoms with Crippen LogP contribution in [0.25, 0.3) is 0 Å². The summed E-state index contributed by atoms with van der Waals surface area (Å²) in [6, 6.07) is 11.9. The molecule has 1 aliphatic rings. The Hall–Kier alpha value is -4.22. The fraction of sp³-hybridized carbons (Fsp3) is 0.174. The normalized spacial score (nSPS) is 13.6. The number of nitro benzene ring substituents is 1. The van der Waals surface area contributed by atoms with Crippen LogP contribution in [0.4, 0.5) is 44.7 Å². The summed E-state index contributed by atoms with van der Waals surface area (Å²) < 4.78 is 68.6. The molecular formula is C23H17F5N4O3. The molecule has 1 aliphatic heterocycles. The summed E-state index contributed by atoms with van der Waals surface area (Å²) in [5, 5.41) is 13.5. The first-order valence-electron chi connectivity index (χ1n) is 10.3.